The van der Waals surface area contributed by atoms with Crippen molar-refractivity contribution < 1.29 is 14.3 Å². The predicted octanol–water partition coefficient (Wildman–Crippen LogP) is 5.66. The van der Waals surface area contributed by atoms with Crippen molar-refractivity contribution in [2.75, 3.05) is 10.2 Å². The van der Waals surface area contributed by atoms with Crippen LogP contribution in [-0.2, 0) is 4.74 Å². The Kier molecular flexibility index (Phi) is 6.18. The van der Waals surface area contributed by atoms with E-state index in [1.807, 2.05) is 82.3 Å². The quantitative estimate of drug-likeness (QED) is 0.500. The van der Waals surface area contributed by atoms with E-state index in [4.69, 9.17) is 9.47 Å². The van der Waals surface area contributed by atoms with E-state index in [0.29, 0.717) is 17.7 Å². The summed E-state index contributed by atoms with van der Waals surface area (Å²) >= 11 is 0. The Balaban J connectivity index is 1.50. The minimum Gasteiger partial charge on any atom is -0.457 e. The smallest absolute Gasteiger partial charge is 0.417 e. The summed E-state index contributed by atoms with van der Waals surface area (Å²) in [5, 5.41) is 3.32. The molecule has 2 aromatic carbocycles. The molecule has 1 fully saturated rings. The lowest BCUT2D eigenvalue weighted by molar-refractivity contribution is 0.0678. The van der Waals surface area contributed by atoms with Crippen LogP contribution in [0.5, 0.6) is 11.5 Å². The number of para-hydroxylation sites is 1. The van der Waals surface area contributed by atoms with Crippen molar-refractivity contribution in [2.45, 2.75) is 58.7 Å². The van der Waals surface area contributed by atoms with Crippen molar-refractivity contribution in [3.63, 3.8) is 0 Å². The zero-order valence-electron chi connectivity index (χ0n) is 19.6. The van der Waals surface area contributed by atoms with E-state index >= 15 is 0 Å². The molecule has 0 unspecified atom stereocenters. The van der Waals surface area contributed by atoms with E-state index in [1.54, 1.807) is 6.92 Å². The number of carbonyl (C=O) groups is 1. The molecule has 0 aliphatic carbocycles. The number of hydrogen-bond donors (Lipinski definition) is 1. The number of aryl methyl sites for hydroxylation is 1. The number of rotatable bonds is 7. The van der Waals surface area contributed by atoms with Crippen LogP contribution < -0.4 is 15.0 Å². The van der Waals surface area contributed by atoms with E-state index in [1.165, 1.54) is 4.90 Å². The van der Waals surface area contributed by atoms with Gasteiger partial charge >= 0.3 is 6.09 Å². The summed E-state index contributed by atoms with van der Waals surface area (Å²) in [6.07, 6.45) is 0.283. The standard InChI is InChI=1S/C25H29N5O3/c1-6-21-25(4,5)33-24(31)30(21)23-28-17(3)27-22(29-23)26-16(2)18-12-14-20(15-13-18)32-19-10-8-7-9-11-19/h7-16,21H,6H2,1-5H3,(H,26,27,28,29)/t16-,21-/m0/s1. The van der Waals surface area contributed by atoms with Gasteiger partial charge in [-0.3, -0.25) is 0 Å². The molecule has 2 heterocycles. The topological polar surface area (TPSA) is 89.5 Å². The van der Waals surface area contributed by atoms with Gasteiger partial charge in [0, 0.05) is 0 Å². The Morgan fingerprint density at radius 3 is 2.39 bits per heavy atom. The average molecular weight is 448 g/mol. The van der Waals surface area contributed by atoms with Gasteiger partial charge in [0.2, 0.25) is 11.9 Å². The third-order valence-electron chi connectivity index (χ3n) is 5.70. The molecule has 0 bridgehead atoms. The molecular formula is C25H29N5O3. The average Bonchev–Trinajstić information content (AvgIpc) is 3.01. The molecule has 1 aliphatic heterocycles. The summed E-state index contributed by atoms with van der Waals surface area (Å²) in [6.45, 7) is 9.62. The van der Waals surface area contributed by atoms with Gasteiger partial charge in [0.1, 0.15) is 22.9 Å². The molecule has 1 N–H and O–H groups in total. The van der Waals surface area contributed by atoms with Gasteiger partial charge < -0.3 is 14.8 Å². The van der Waals surface area contributed by atoms with Crippen molar-refractivity contribution in [3.05, 3.63) is 66.0 Å². The van der Waals surface area contributed by atoms with Crippen LogP contribution in [0.15, 0.2) is 54.6 Å². The zero-order valence-corrected chi connectivity index (χ0v) is 19.6. The van der Waals surface area contributed by atoms with Crippen LogP contribution >= 0.6 is 0 Å². The molecule has 33 heavy (non-hydrogen) atoms. The highest BCUT2D eigenvalue weighted by Gasteiger charge is 2.48. The van der Waals surface area contributed by atoms with Crippen molar-refractivity contribution in [1.29, 1.82) is 0 Å². The van der Waals surface area contributed by atoms with Crippen LogP contribution in [0.3, 0.4) is 0 Å². The van der Waals surface area contributed by atoms with Gasteiger partial charge in [-0.05, 0) is 63.9 Å². The fraction of sp³-hybridized carbons (Fsp3) is 0.360. The van der Waals surface area contributed by atoms with Crippen LogP contribution in [0.1, 0.15) is 51.5 Å². The number of cyclic esters (lactones) is 1. The number of anilines is 2. The highest BCUT2D eigenvalue weighted by molar-refractivity contribution is 5.89. The monoisotopic (exact) mass is 447 g/mol. The molecule has 0 saturated carbocycles. The summed E-state index contributed by atoms with van der Waals surface area (Å²) in [6, 6.07) is 17.3. The number of carbonyl (C=O) groups excluding carboxylic acids is 1. The molecule has 4 rings (SSSR count). The number of ether oxygens (including phenoxy) is 2. The Morgan fingerprint density at radius 1 is 1.06 bits per heavy atom. The normalized spacial score (nSPS) is 18.0. The van der Waals surface area contributed by atoms with Gasteiger partial charge in [0.05, 0.1) is 12.1 Å². The Hall–Kier alpha value is -3.68. The van der Waals surface area contributed by atoms with Crippen molar-refractivity contribution in [3.8, 4) is 11.5 Å². The lowest BCUT2D eigenvalue weighted by Gasteiger charge is -2.26. The lowest BCUT2D eigenvalue weighted by Crippen LogP contribution is -2.42. The van der Waals surface area contributed by atoms with Crippen LogP contribution in [0.25, 0.3) is 0 Å². The Bertz CT molecular complexity index is 1120. The molecule has 8 nitrogen and oxygen atoms in total. The van der Waals surface area contributed by atoms with Gasteiger partial charge in [-0.15, -0.1) is 0 Å². The van der Waals surface area contributed by atoms with Gasteiger partial charge in [-0.1, -0.05) is 37.3 Å². The maximum absolute atomic E-state index is 12.6. The number of nitrogens with zero attached hydrogens (tertiary/aromatic N) is 4. The van der Waals surface area contributed by atoms with Gasteiger partial charge in [0.25, 0.3) is 0 Å². The molecule has 172 valence electrons. The summed E-state index contributed by atoms with van der Waals surface area (Å²) < 4.78 is 11.4. The second kappa shape index (κ2) is 9.05. The number of amides is 1. The van der Waals surface area contributed by atoms with Gasteiger partial charge in [0.15, 0.2) is 0 Å². The highest BCUT2D eigenvalue weighted by atomic mass is 16.6. The predicted molar refractivity (Wildman–Crippen MR) is 127 cm³/mol. The van der Waals surface area contributed by atoms with E-state index in [0.717, 1.165) is 23.5 Å². The molecule has 1 aromatic heterocycles. The highest BCUT2D eigenvalue weighted by Crippen LogP contribution is 2.34. The maximum atomic E-state index is 12.6. The lowest BCUT2D eigenvalue weighted by atomic mass is 9.97. The first kappa shape index (κ1) is 22.5. The minimum absolute atomic E-state index is 0.0747. The second-order valence-electron chi connectivity index (χ2n) is 8.62. The third-order valence-corrected chi connectivity index (χ3v) is 5.70. The third kappa shape index (κ3) is 4.89. The second-order valence-corrected chi connectivity index (χ2v) is 8.62. The van der Waals surface area contributed by atoms with E-state index in [9.17, 15) is 4.79 Å². The zero-order chi connectivity index (χ0) is 23.6. The largest absolute Gasteiger partial charge is 0.457 e. The molecule has 2 atom stereocenters. The van der Waals surface area contributed by atoms with E-state index < -0.39 is 11.7 Å². The Labute approximate surface area is 194 Å². The summed E-state index contributed by atoms with van der Waals surface area (Å²) in [5.74, 6) is 2.77. The Morgan fingerprint density at radius 2 is 1.73 bits per heavy atom. The number of nitrogens with one attached hydrogen (secondary N) is 1. The first-order chi connectivity index (χ1) is 15.8. The molecular weight excluding hydrogens is 418 g/mol. The van der Waals surface area contributed by atoms with E-state index in [-0.39, 0.29) is 12.1 Å². The van der Waals surface area contributed by atoms with Crippen LogP contribution in [0.4, 0.5) is 16.7 Å². The van der Waals surface area contributed by atoms with Crippen molar-refractivity contribution in [1.82, 2.24) is 15.0 Å². The molecule has 3 aromatic rings. The molecule has 1 amide bonds. The van der Waals surface area contributed by atoms with Crippen molar-refractivity contribution >= 4 is 18.0 Å². The van der Waals surface area contributed by atoms with E-state index in [2.05, 4.69) is 20.3 Å². The van der Waals surface area contributed by atoms with Gasteiger partial charge in [-0.2, -0.15) is 15.0 Å². The fourth-order valence-corrected chi connectivity index (χ4v) is 4.04. The SMILES string of the molecule is CC[C@@H]1N(c2nc(C)nc(N[C@@H](C)c3ccc(Oc4ccccc4)cc3)n2)C(=O)OC1(C)C. The van der Waals surface area contributed by atoms with Crippen LogP contribution in [0.2, 0.25) is 0 Å². The number of benzene rings is 2. The summed E-state index contributed by atoms with van der Waals surface area (Å²) in [4.78, 5) is 27.5. The van der Waals surface area contributed by atoms with Crippen molar-refractivity contribution in [2.24, 2.45) is 0 Å². The number of hydrogen-bond acceptors (Lipinski definition) is 7. The molecule has 1 aliphatic rings. The number of aromatic nitrogens is 3. The molecule has 0 radical (unpaired) electrons. The summed E-state index contributed by atoms with van der Waals surface area (Å²) in [5.41, 5.74) is 0.430. The fourth-order valence-electron chi connectivity index (χ4n) is 4.04. The van der Waals surface area contributed by atoms with Crippen LogP contribution in [0, 0.1) is 6.92 Å². The van der Waals surface area contributed by atoms with Crippen LogP contribution in [-0.4, -0.2) is 32.7 Å². The van der Waals surface area contributed by atoms with Gasteiger partial charge in [-0.25, -0.2) is 9.69 Å². The minimum atomic E-state index is -0.614. The summed E-state index contributed by atoms with van der Waals surface area (Å²) in [7, 11) is 0. The first-order valence-corrected chi connectivity index (χ1v) is 11.1. The molecule has 0 spiro atoms. The first-order valence-electron chi connectivity index (χ1n) is 11.1. The molecule has 8 heteroatoms. The molecule has 1 saturated heterocycles. The maximum Gasteiger partial charge on any atom is 0.417 e.